The van der Waals surface area contributed by atoms with Crippen molar-refractivity contribution in [2.45, 2.75) is 6.04 Å². The Kier molecular flexibility index (Phi) is 3.36. The van der Waals surface area contributed by atoms with Crippen LogP contribution in [0.5, 0.6) is 5.75 Å². The number of nitrogens with two attached hydrogens (primary N) is 1. The molecule has 1 aromatic rings. The summed E-state index contributed by atoms with van der Waals surface area (Å²) in [4.78, 5) is 14.8. The number of ether oxygens (including phenoxy) is 1. The molecule has 5 nitrogen and oxygen atoms in total. The molecule has 0 spiro atoms. The summed E-state index contributed by atoms with van der Waals surface area (Å²) in [7, 11) is 0. The fourth-order valence-corrected chi connectivity index (χ4v) is 0.673. The molecule has 0 bridgehead atoms. The Morgan fingerprint density at radius 1 is 1.62 bits per heavy atom. The van der Waals surface area contributed by atoms with Gasteiger partial charge in [0, 0.05) is 12.4 Å². The van der Waals surface area contributed by atoms with Gasteiger partial charge in [0.2, 0.25) is 0 Å². The molecule has 1 atom stereocenters. The number of nitrogens with zero attached hydrogens (tertiary/aromatic N) is 1. The van der Waals surface area contributed by atoms with Crippen LogP contribution in [0.1, 0.15) is 0 Å². The Bertz CT molecular complexity index is 276. The first-order valence-corrected chi connectivity index (χ1v) is 3.72. The lowest BCUT2D eigenvalue weighted by atomic mass is 10.3. The molecule has 0 aliphatic rings. The molecule has 0 saturated heterocycles. The normalized spacial score (nSPS) is 12.2. The molecule has 0 aliphatic heterocycles. The maximum atomic E-state index is 11.0. The first-order chi connectivity index (χ1) is 6.24. The van der Waals surface area contributed by atoms with Crippen molar-refractivity contribution in [2.75, 3.05) is 6.61 Å². The van der Waals surface area contributed by atoms with Gasteiger partial charge in [-0.15, -0.1) is 0 Å². The number of hydrogen-bond donors (Lipinski definition) is 2. The van der Waals surface area contributed by atoms with Crippen LogP contribution in [0.3, 0.4) is 0 Å². The summed E-state index contributed by atoms with van der Waals surface area (Å²) in [6.45, 7) is -0.427. The van der Waals surface area contributed by atoms with Crippen molar-refractivity contribution in [2.24, 2.45) is 5.73 Å². The number of rotatable bonds is 3. The quantitative estimate of drug-likeness (QED) is 0.604. The summed E-state index contributed by atoms with van der Waals surface area (Å²) < 4.78 is 4.80. The van der Waals surface area contributed by atoms with Crippen molar-refractivity contribution in [1.82, 2.24) is 4.98 Å². The maximum Gasteiger partial charge on any atom is 0.330 e. The van der Waals surface area contributed by atoms with E-state index >= 15 is 0 Å². The van der Waals surface area contributed by atoms with Gasteiger partial charge >= 0.3 is 5.97 Å². The van der Waals surface area contributed by atoms with E-state index in [0.717, 1.165) is 0 Å². The predicted octanol–water partition coefficient (Wildman–Crippen LogP) is -0.693. The third-order valence-corrected chi connectivity index (χ3v) is 1.37. The molecule has 1 heterocycles. The van der Waals surface area contributed by atoms with Crippen LogP contribution in [0.15, 0.2) is 24.5 Å². The molecule has 70 valence electrons. The minimum Gasteiger partial charge on any atom is -0.425 e. The summed E-state index contributed by atoms with van der Waals surface area (Å²) in [5, 5.41) is 8.55. The van der Waals surface area contributed by atoms with E-state index in [9.17, 15) is 4.79 Å². The third-order valence-electron chi connectivity index (χ3n) is 1.37. The average Bonchev–Trinajstić information content (AvgIpc) is 2.18. The van der Waals surface area contributed by atoms with Crippen LogP contribution in [0.4, 0.5) is 0 Å². The first-order valence-electron chi connectivity index (χ1n) is 3.72. The second-order valence-corrected chi connectivity index (χ2v) is 2.39. The molecule has 0 aromatic carbocycles. The van der Waals surface area contributed by atoms with Gasteiger partial charge in [0.1, 0.15) is 11.8 Å². The van der Waals surface area contributed by atoms with Crippen molar-refractivity contribution in [3.05, 3.63) is 24.5 Å². The molecule has 3 N–H and O–H groups in total. The topological polar surface area (TPSA) is 85.4 Å². The average molecular weight is 182 g/mol. The molecular formula is C8H10N2O3. The van der Waals surface area contributed by atoms with E-state index in [4.69, 9.17) is 15.6 Å². The Morgan fingerprint density at radius 3 is 2.77 bits per heavy atom. The van der Waals surface area contributed by atoms with E-state index in [2.05, 4.69) is 4.98 Å². The number of esters is 1. The monoisotopic (exact) mass is 182 g/mol. The molecule has 0 radical (unpaired) electrons. The Balaban J connectivity index is 2.55. The Hall–Kier alpha value is -1.46. The fourth-order valence-electron chi connectivity index (χ4n) is 0.673. The van der Waals surface area contributed by atoms with Gasteiger partial charge in [-0.05, 0) is 12.1 Å². The molecule has 1 aromatic heterocycles. The van der Waals surface area contributed by atoms with Crippen molar-refractivity contribution in [1.29, 1.82) is 0 Å². The number of pyridine rings is 1. The summed E-state index contributed by atoms with van der Waals surface area (Å²) in [6.07, 6.45) is 2.99. The zero-order valence-electron chi connectivity index (χ0n) is 6.88. The van der Waals surface area contributed by atoms with Gasteiger partial charge in [0.05, 0.1) is 6.61 Å². The number of carbonyl (C=O) groups excluding carboxylic acids is 1. The molecule has 1 rings (SSSR count). The minimum atomic E-state index is -0.992. The third kappa shape index (κ3) is 2.81. The molecule has 0 amide bonds. The predicted molar refractivity (Wildman–Crippen MR) is 44.9 cm³/mol. The maximum absolute atomic E-state index is 11.0. The van der Waals surface area contributed by atoms with E-state index in [1.165, 1.54) is 24.5 Å². The van der Waals surface area contributed by atoms with E-state index < -0.39 is 18.6 Å². The van der Waals surface area contributed by atoms with Crippen LogP contribution in [0.25, 0.3) is 0 Å². The lowest BCUT2D eigenvalue weighted by Gasteiger charge is -2.07. The van der Waals surface area contributed by atoms with Gasteiger partial charge in [0.25, 0.3) is 0 Å². The van der Waals surface area contributed by atoms with Crippen LogP contribution < -0.4 is 10.5 Å². The van der Waals surface area contributed by atoms with Crippen molar-refractivity contribution < 1.29 is 14.6 Å². The number of hydrogen-bond acceptors (Lipinski definition) is 5. The van der Waals surface area contributed by atoms with Crippen molar-refractivity contribution in [3.63, 3.8) is 0 Å². The van der Waals surface area contributed by atoms with Crippen molar-refractivity contribution in [3.8, 4) is 5.75 Å². The van der Waals surface area contributed by atoms with Gasteiger partial charge in [-0.2, -0.15) is 0 Å². The highest BCUT2D eigenvalue weighted by atomic mass is 16.5. The van der Waals surface area contributed by atoms with Crippen LogP contribution in [-0.2, 0) is 4.79 Å². The van der Waals surface area contributed by atoms with Gasteiger partial charge in [0.15, 0.2) is 0 Å². The summed E-state index contributed by atoms with van der Waals surface area (Å²) in [5.41, 5.74) is 5.22. The van der Waals surface area contributed by atoms with E-state index in [-0.39, 0.29) is 0 Å². The highest BCUT2D eigenvalue weighted by Crippen LogP contribution is 2.07. The molecule has 0 unspecified atom stereocenters. The van der Waals surface area contributed by atoms with E-state index in [1.54, 1.807) is 0 Å². The largest absolute Gasteiger partial charge is 0.425 e. The van der Waals surface area contributed by atoms with Gasteiger partial charge in [-0.3, -0.25) is 4.98 Å². The molecular weight excluding hydrogens is 172 g/mol. The standard InChI is InChI=1S/C8H10N2O3/c9-7(5-11)8(12)13-6-1-3-10-4-2-6/h1-4,7,11H,5,9H2/t7-/m0/s1. The van der Waals surface area contributed by atoms with Gasteiger partial charge in [-0.25, -0.2) is 4.79 Å². The highest BCUT2D eigenvalue weighted by Gasteiger charge is 2.13. The lowest BCUT2D eigenvalue weighted by molar-refractivity contribution is -0.136. The Morgan fingerprint density at radius 2 is 2.23 bits per heavy atom. The summed E-state index contributed by atoms with van der Waals surface area (Å²) in [6, 6.07) is 2.07. The smallest absolute Gasteiger partial charge is 0.330 e. The number of carbonyl (C=O) groups is 1. The van der Waals surface area contributed by atoms with Gasteiger partial charge in [-0.1, -0.05) is 0 Å². The summed E-state index contributed by atoms with van der Waals surface area (Å²) >= 11 is 0. The number of aromatic nitrogens is 1. The van der Waals surface area contributed by atoms with Crippen LogP contribution in [-0.4, -0.2) is 28.7 Å². The fraction of sp³-hybridized carbons (Fsp3) is 0.250. The number of aliphatic hydroxyl groups is 1. The molecule has 5 heteroatoms. The van der Waals surface area contributed by atoms with Crippen LogP contribution in [0, 0.1) is 0 Å². The SMILES string of the molecule is N[C@@H](CO)C(=O)Oc1ccncc1. The van der Waals surface area contributed by atoms with Gasteiger partial charge < -0.3 is 15.6 Å². The zero-order valence-corrected chi connectivity index (χ0v) is 6.88. The molecule has 0 saturated carbocycles. The second kappa shape index (κ2) is 4.54. The van der Waals surface area contributed by atoms with E-state index in [0.29, 0.717) is 5.75 Å². The molecule has 0 fully saturated rings. The summed E-state index contributed by atoms with van der Waals surface area (Å²) in [5.74, 6) is -0.294. The lowest BCUT2D eigenvalue weighted by Crippen LogP contribution is -2.37. The zero-order chi connectivity index (χ0) is 9.68. The minimum absolute atomic E-state index is 0.365. The highest BCUT2D eigenvalue weighted by molar-refractivity contribution is 5.77. The Labute approximate surface area is 75.2 Å². The van der Waals surface area contributed by atoms with Crippen LogP contribution in [0.2, 0.25) is 0 Å². The van der Waals surface area contributed by atoms with Crippen LogP contribution >= 0.6 is 0 Å². The van der Waals surface area contributed by atoms with Crippen molar-refractivity contribution >= 4 is 5.97 Å². The molecule has 13 heavy (non-hydrogen) atoms. The number of aliphatic hydroxyl groups excluding tert-OH is 1. The second-order valence-electron chi connectivity index (χ2n) is 2.39. The first kappa shape index (κ1) is 9.63. The molecule has 0 aliphatic carbocycles. The van der Waals surface area contributed by atoms with E-state index in [1.807, 2.05) is 0 Å².